The summed E-state index contributed by atoms with van der Waals surface area (Å²) < 4.78 is 0. The van der Waals surface area contributed by atoms with Gasteiger partial charge in [0, 0.05) is 28.6 Å². The first kappa shape index (κ1) is 22.1. The number of fused-ring (bicyclic) bond motifs is 3. The Balaban J connectivity index is 1.41. The van der Waals surface area contributed by atoms with E-state index in [1.54, 1.807) is 12.3 Å². The van der Waals surface area contributed by atoms with E-state index < -0.39 is 0 Å². The molecule has 0 N–H and O–H groups in total. The number of rotatable bonds is 4. The Morgan fingerprint density at radius 1 is 1.00 bits per heavy atom. The molecule has 0 amide bonds. The number of thiophene rings is 1. The van der Waals surface area contributed by atoms with Gasteiger partial charge in [0.15, 0.2) is 11.6 Å². The van der Waals surface area contributed by atoms with Gasteiger partial charge in [0.1, 0.15) is 16.6 Å². The number of ketones is 2. The van der Waals surface area contributed by atoms with Crippen LogP contribution >= 0.6 is 11.3 Å². The van der Waals surface area contributed by atoms with E-state index in [4.69, 9.17) is 0 Å². The van der Waals surface area contributed by atoms with E-state index in [1.165, 1.54) is 11.3 Å². The molecule has 0 unspecified atom stereocenters. The maximum absolute atomic E-state index is 13.2. The first-order valence-corrected chi connectivity index (χ1v) is 12.4. The van der Waals surface area contributed by atoms with Gasteiger partial charge in [0.05, 0.1) is 5.57 Å². The lowest BCUT2D eigenvalue weighted by Crippen LogP contribution is -2.23. The molecule has 0 radical (unpaired) electrons. The summed E-state index contributed by atoms with van der Waals surface area (Å²) in [6.07, 6.45) is 8.21. The van der Waals surface area contributed by atoms with Crippen LogP contribution in [0.25, 0.3) is 16.8 Å². The van der Waals surface area contributed by atoms with Crippen LogP contribution in [0.4, 0.5) is 10.8 Å². The van der Waals surface area contributed by atoms with Crippen LogP contribution in [-0.2, 0) is 6.42 Å². The summed E-state index contributed by atoms with van der Waals surface area (Å²) in [5, 5.41) is 2.77. The Hall–Kier alpha value is -4.42. The van der Waals surface area contributed by atoms with Crippen LogP contribution in [0.2, 0.25) is 0 Å². The standard InChI is InChI=1S/C30H21N3O2S/c1-3-7-20-14-21-10-6-13-32-30(21)33(29(20)31-2)26-12-11-22(36-26)17-25-27(34)23-15-18-8-4-5-9-19(18)16-24(23)28(25)35/h3-13,15-17H,2,14H2,1H3/b7-3-. The van der Waals surface area contributed by atoms with Crippen molar-refractivity contribution >= 4 is 57.3 Å². The van der Waals surface area contributed by atoms with E-state index in [9.17, 15) is 9.59 Å². The Morgan fingerprint density at radius 3 is 2.39 bits per heavy atom. The molecule has 1 aliphatic heterocycles. The molecule has 2 aromatic heterocycles. The third-order valence-electron chi connectivity index (χ3n) is 6.46. The average molecular weight is 488 g/mol. The van der Waals surface area contributed by atoms with Crippen LogP contribution in [0.3, 0.4) is 0 Å². The highest BCUT2D eigenvalue weighted by Crippen LogP contribution is 2.42. The fourth-order valence-electron chi connectivity index (χ4n) is 4.84. The normalized spacial score (nSPS) is 15.1. The van der Waals surface area contributed by atoms with Gasteiger partial charge in [0.2, 0.25) is 0 Å². The molecule has 3 heterocycles. The number of allylic oxidation sites excluding steroid dienone is 4. The van der Waals surface area contributed by atoms with Gasteiger partial charge in [-0.2, -0.15) is 0 Å². The highest BCUT2D eigenvalue weighted by atomic mass is 32.1. The number of hydrogen-bond acceptors (Lipinski definition) is 6. The largest absolute Gasteiger partial charge is 0.288 e. The first-order valence-electron chi connectivity index (χ1n) is 11.6. The van der Waals surface area contributed by atoms with Crippen molar-refractivity contribution in [3.63, 3.8) is 0 Å². The van der Waals surface area contributed by atoms with E-state index in [0.717, 1.165) is 49.8 Å². The van der Waals surface area contributed by atoms with Crippen LogP contribution in [-0.4, -0.2) is 23.3 Å². The minimum atomic E-state index is -0.232. The summed E-state index contributed by atoms with van der Waals surface area (Å²) in [5.41, 5.74) is 3.26. The van der Waals surface area contributed by atoms with Crippen LogP contribution in [0.15, 0.2) is 101 Å². The van der Waals surface area contributed by atoms with E-state index >= 15 is 0 Å². The van der Waals surface area contributed by atoms with Gasteiger partial charge in [-0.15, -0.1) is 11.3 Å². The van der Waals surface area contributed by atoms with E-state index in [2.05, 4.69) is 22.8 Å². The Bertz CT molecular complexity index is 1630. The molecule has 2 aliphatic rings. The van der Waals surface area contributed by atoms with Crippen molar-refractivity contribution in [3.8, 4) is 0 Å². The van der Waals surface area contributed by atoms with Crippen molar-refractivity contribution in [2.24, 2.45) is 4.99 Å². The summed E-state index contributed by atoms with van der Waals surface area (Å²) >= 11 is 1.47. The molecule has 0 atom stereocenters. The van der Waals surface area contributed by atoms with E-state index in [1.807, 2.05) is 78.6 Å². The number of anilines is 2. The number of Topliss-reactive ketones (excluding diaryl/α,β-unsaturated/α-hetero) is 2. The lowest BCUT2D eigenvalue weighted by Gasteiger charge is -2.30. The predicted octanol–water partition coefficient (Wildman–Crippen LogP) is 6.94. The Labute approximate surface area is 212 Å². The summed E-state index contributed by atoms with van der Waals surface area (Å²) in [5.74, 6) is 1.07. The topological polar surface area (TPSA) is 62.6 Å². The van der Waals surface area contributed by atoms with Gasteiger partial charge in [-0.05, 0) is 72.0 Å². The smallest absolute Gasteiger partial charge is 0.197 e. The minimum Gasteiger partial charge on any atom is -0.288 e. The average Bonchev–Trinajstić information content (AvgIpc) is 3.45. The van der Waals surface area contributed by atoms with Crippen molar-refractivity contribution in [2.75, 3.05) is 4.90 Å². The molecule has 6 rings (SSSR count). The second-order valence-corrected chi connectivity index (χ2v) is 9.74. The van der Waals surface area contributed by atoms with Crippen molar-refractivity contribution < 1.29 is 9.59 Å². The van der Waals surface area contributed by atoms with Crippen LogP contribution in [0.1, 0.15) is 38.1 Å². The second-order valence-electron chi connectivity index (χ2n) is 8.64. The molecular weight excluding hydrogens is 466 g/mol. The number of pyridine rings is 1. The monoisotopic (exact) mass is 487 g/mol. The maximum Gasteiger partial charge on any atom is 0.197 e. The Kier molecular flexibility index (Phi) is 5.31. The van der Waals surface area contributed by atoms with E-state index in [0.29, 0.717) is 11.1 Å². The summed E-state index contributed by atoms with van der Waals surface area (Å²) in [6.45, 7) is 5.79. The summed E-state index contributed by atoms with van der Waals surface area (Å²) in [6, 6.07) is 19.3. The van der Waals surface area contributed by atoms with Gasteiger partial charge in [-0.1, -0.05) is 42.5 Å². The van der Waals surface area contributed by atoms with Crippen LogP contribution in [0, 0.1) is 0 Å². The molecule has 6 heteroatoms. The third-order valence-corrected chi connectivity index (χ3v) is 7.48. The molecule has 0 fully saturated rings. The van der Waals surface area contributed by atoms with Crippen molar-refractivity contribution in [1.82, 2.24) is 4.98 Å². The Morgan fingerprint density at radius 2 is 1.72 bits per heavy atom. The third kappa shape index (κ3) is 3.46. The van der Waals surface area contributed by atoms with Crippen LogP contribution in [0.5, 0.6) is 0 Å². The molecule has 0 spiro atoms. The number of carbonyl (C=O) groups is 2. The van der Waals surface area contributed by atoms with Gasteiger partial charge in [-0.3, -0.25) is 14.5 Å². The highest BCUT2D eigenvalue weighted by molar-refractivity contribution is 7.17. The molecule has 2 aromatic carbocycles. The molecule has 1 aliphatic carbocycles. The van der Waals surface area contributed by atoms with Gasteiger partial charge in [-0.25, -0.2) is 9.98 Å². The van der Waals surface area contributed by atoms with Gasteiger partial charge in [0.25, 0.3) is 0 Å². The number of aromatic nitrogens is 1. The summed E-state index contributed by atoms with van der Waals surface area (Å²) in [7, 11) is 0. The molecule has 36 heavy (non-hydrogen) atoms. The lowest BCUT2D eigenvalue weighted by molar-refractivity contribution is 0.0990. The minimum absolute atomic E-state index is 0.193. The lowest BCUT2D eigenvalue weighted by atomic mass is 10.0. The van der Waals surface area contributed by atoms with Crippen molar-refractivity contribution in [3.05, 3.63) is 118 Å². The zero-order chi connectivity index (χ0) is 24.8. The quantitative estimate of drug-likeness (QED) is 0.178. The fourth-order valence-corrected chi connectivity index (χ4v) is 5.79. The van der Waals surface area contributed by atoms with Gasteiger partial charge >= 0.3 is 0 Å². The van der Waals surface area contributed by atoms with Crippen LogP contribution < -0.4 is 4.90 Å². The molecule has 5 nitrogen and oxygen atoms in total. The fraction of sp³-hybridized carbons (Fsp3) is 0.0667. The van der Waals surface area contributed by atoms with Crippen molar-refractivity contribution in [2.45, 2.75) is 13.3 Å². The zero-order valence-corrected chi connectivity index (χ0v) is 20.4. The molecule has 174 valence electrons. The number of nitrogens with zero attached hydrogens (tertiary/aromatic N) is 3. The van der Waals surface area contributed by atoms with Crippen molar-refractivity contribution in [1.29, 1.82) is 0 Å². The first-order chi connectivity index (χ1) is 17.6. The summed E-state index contributed by atoms with van der Waals surface area (Å²) in [4.78, 5) is 38.2. The molecular formula is C30H21N3O2S. The van der Waals surface area contributed by atoms with E-state index in [-0.39, 0.29) is 17.1 Å². The number of carbonyl (C=O) groups excluding carboxylic acids is 2. The molecule has 0 saturated carbocycles. The zero-order valence-electron chi connectivity index (χ0n) is 19.6. The van der Waals surface area contributed by atoms with Gasteiger partial charge < -0.3 is 0 Å². The predicted molar refractivity (Wildman–Crippen MR) is 146 cm³/mol. The SMILES string of the molecule is C=NC1=C(/C=C\C)Cc2cccnc2N1c1ccc(C=C2C(=O)c3cc4ccccc4cc3C2=O)s1. The molecule has 0 saturated heterocycles. The number of benzene rings is 2. The molecule has 4 aromatic rings. The highest BCUT2D eigenvalue weighted by Gasteiger charge is 2.34. The number of hydrogen-bond donors (Lipinski definition) is 0. The number of aliphatic imine (C=N–C) groups is 1. The second kappa shape index (κ2) is 8.66. The molecule has 0 bridgehead atoms. The maximum atomic E-state index is 13.2.